The zero-order chi connectivity index (χ0) is 17.6. The van der Waals surface area contributed by atoms with Crippen molar-refractivity contribution in [2.45, 2.75) is 44.2 Å². The Morgan fingerprint density at radius 2 is 1.84 bits per heavy atom. The molecular weight excluding hydrogens is 324 g/mol. The molecule has 0 spiro atoms. The Kier molecular flexibility index (Phi) is 4.40. The fraction of sp³-hybridized carbons (Fsp3) is 0.632. The third-order valence-corrected chi connectivity index (χ3v) is 6.09. The van der Waals surface area contributed by atoms with Crippen molar-refractivity contribution in [2.75, 3.05) is 26.2 Å². The molecule has 4 fully saturated rings. The lowest BCUT2D eigenvalue weighted by molar-refractivity contribution is 0.00353. The Balaban J connectivity index is 1.67. The molecule has 4 aliphatic heterocycles. The van der Waals surface area contributed by atoms with Gasteiger partial charge in [-0.05, 0) is 56.0 Å². The maximum atomic E-state index is 13.8. The topological polar surface area (TPSA) is 35.6 Å². The van der Waals surface area contributed by atoms with Gasteiger partial charge in [-0.25, -0.2) is 13.6 Å². The van der Waals surface area contributed by atoms with E-state index in [1.54, 1.807) is 0 Å². The number of carbonyl (C=O) groups is 1. The van der Waals surface area contributed by atoms with Crippen LogP contribution in [0.3, 0.4) is 0 Å². The van der Waals surface area contributed by atoms with E-state index in [4.69, 9.17) is 0 Å². The second kappa shape index (κ2) is 6.56. The Labute approximate surface area is 147 Å². The summed E-state index contributed by atoms with van der Waals surface area (Å²) in [4.78, 5) is 17.1. The summed E-state index contributed by atoms with van der Waals surface area (Å²) in [6.07, 6.45) is 3.09. The Hall–Kier alpha value is -1.69. The Morgan fingerprint density at radius 1 is 1.16 bits per heavy atom. The van der Waals surface area contributed by atoms with Gasteiger partial charge in [0.05, 0.1) is 6.04 Å². The second-order valence-electron chi connectivity index (χ2n) is 7.55. The van der Waals surface area contributed by atoms with Crippen molar-refractivity contribution < 1.29 is 13.6 Å². The third kappa shape index (κ3) is 2.90. The summed E-state index contributed by atoms with van der Waals surface area (Å²) in [6.45, 7) is 5.25. The quantitative estimate of drug-likeness (QED) is 0.911. The lowest BCUT2D eigenvalue weighted by Crippen LogP contribution is -2.61. The monoisotopic (exact) mass is 349 g/mol. The maximum absolute atomic E-state index is 13.8. The van der Waals surface area contributed by atoms with Crippen LogP contribution in [0.5, 0.6) is 0 Å². The van der Waals surface area contributed by atoms with Crippen molar-refractivity contribution in [1.29, 1.82) is 0 Å². The molecule has 1 aromatic carbocycles. The van der Waals surface area contributed by atoms with Gasteiger partial charge < -0.3 is 10.2 Å². The molecule has 0 radical (unpaired) electrons. The molecule has 4 saturated heterocycles. The minimum atomic E-state index is -0.545. The highest BCUT2D eigenvalue weighted by atomic mass is 19.1. The molecule has 0 aromatic heterocycles. The maximum Gasteiger partial charge on any atom is 0.317 e. The van der Waals surface area contributed by atoms with Crippen molar-refractivity contribution >= 4 is 6.03 Å². The Morgan fingerprint density at radius 3 is 2.48 bits per heavy atom. The Bertz CT molecular complexity index is 640. The van der Waals surface area contributed by atoms with Gasteiger partial charge in [-0.15, -0.1) is 0 Å². The van der Waals surface area contributed by atoms with Crippen LogP contribution < -0.4 is 5.32 Å². The SMILES string of the molecule is CCCNC(=O)N1C[C@H](c2cc(F)cc(F)c2)[C@@H]2[C@H]1C1CCN2CC1. The molecule has 4 heterocycles. The number of rotatable bonds is 3. The summed E-state index contributed by atoms with van der Waals surface area (Å²) in [6, 6.07) is 4.06. The first-order chi connectivity index (χ1) is 12.1. The first-order valence-corrected chi connectivity index (χ1v) is 9.33. The van der Waals surface area contributed by atoms with Crippen molar-refractivity contribution in [3.63, 3.8) is 0 Å². The fourth-order valence-corrected chi connectivity index (χ4v) is 5.07. The number of fused-ring (bicyclic) bond motifs is 2. The molecule has 1 N–H and O–H groups in total. The predicted molar refractivity (Wildman–Crippen MR) is 91.4 cm³/mol. The zero-order valence-corrected chi connectivity index (χ0v) is 14.5. The molecule has 136 valence electrons. The predicted octanol–water partition coefficient (Wildman–Crippen LogP) is 2.95. The van der Waals surface area contributed by atoms with Crippen molar-refractivity contribution in [1.82, 2.24) is 15.1 Å². The number of benzene rings is 1. The van der Waals surface area contributed by atoms with Gasteiger partial charge in [-0.3, -0.25) is 4.90 Å². The van der Waals surface area contributed by atoms with Gasteiger partial charge in [0.1, 0.15) is 11.6 Å². The van der Waals surface area contributed by atoms with Gasteiger partial charge in [0, 0.05) is 31.1 Å². The lowest BCUT2D eigenvalue weighted by atomic mass is 9.75. The average Bonchev–Trinajstić information content (AvgIpc) is 3.03. The van der Waals surface area contributed by atoms with Crippen molar-refractivity contribution in [2.24, 2.45) is 5.92 Å². The molecule has 0 unspecified atom stereocenters. The van der Waals surface area contributed by atoms with E-state index in [-0.39, 0.29) is 24.0 Å². The van der Waals surface area contributed by atoms with Gasteiger partial charge in [0.25, 0.3) is 0 Å². The van der Waals surface area contributed by atoms with Crippen LogP contribution in [0.25, 0.3) is 0 Å². The number of hydrogen-bond donors (Lipinski definition) is 1. The summed E-state index contributed by atoms with van der Waals surface area (Å²) < 4.78 is 27.5. The average molecular weight is 349 g/mol. The number of amides is 2. The number of piperidine rings is 3. The summed E-state index contributed by atoms with van der Waals surface area (Å²) >= 11 is 0. The highest BCUT2D eigenvalue weighted by Gasteiger charge is 2.54. The van der Waals surface area contributed by atoms with Crippen LogP contribution in [0.15, 0.2) is 18.2 Å². The first-order valence-electron chi connectivity index (χ1n) is 9.33. The normalized spacial score (nSPS) is 33.4. The zero-order valence-electron chi connectivity index (χ0n) is 14.5. The molecule has 2 amide bonds. The standard InChI is InChI=1S/C19H25F2N3O/c1-2-5-22-19(25)24-11-16(13-8-14(20)10-15(21)9-13)18-17(24)12-3-6-23(18)7-4-12/h8-10,12,16-18H,2-7,11H2,1H3,(H,22,25)/t16-,17-,18-/m1/s1. The molecule has 2 bridgehead atoms. The molecule has 4 nitrogen and oxygen atoms in total. The molecule has 0 saturated carbocycles. The minimum Gasteiger partial charge on any atom is -0.338 e. The van der Waals surface area contributed by atoms with Crippen LogP contribution in [0, 0.1) is 17.6 Å². The van der Waals surface area contributed by atoms with Crippen molar-refractivity contribution in [3.05, 3.63) is 35.4 Å². The van der Waals surface area contributed by atoms with E-state index in [1.807, 2.05) is 11.8 Å². The van der Waals surface area contributed by atoms with Crippen molar-refractivity contribution in [3.8, 4) is 0 Å². The number of carbonyl (C=O) groups excluding carboxylic acids is 1. The van der Waals surface area contributed by atoms with Crippen LogP contribution in [0.2, 0.25) is 0 Å². The number of halogens is 2. The molecule has 5 rings (SSSR count). The van der Waals surface area contributed by atoms with Gasteiger partial charge in [0.15, 0.2) is 0 Å². The van der Waals surface area contributed by atoms with Gasteiger partial charge >= 0.3 is 6.03 Å². The van der Waals surface area contributed by atoms with E-state index in [0.717, 1.165) is 38.4 Å². The first kappa shape index (κ1) is 16.8. The third-order valence-electron chi connectivity index (χ3n) is 6.09. The number of nitrogens with zero attached hydrogens (tertiary/aromatic N) is 2. The van der Waals surface area contributed by atoms with E-state index in [1.165, 1.54) is 12.1 Å². The summed E-state index contributed by atoms with van der Waals surface area (Å²) in [7, 11) is 0. The molecule has 0 aliphatic carbocycles. The van der Waals surface area contributed by atoms with Crippen LogP contribution in [0.1, 0.15) is 37.7 Å². The van der Waals surface area contributed by atoms with Crippen LogP contribution in [-0.2, 0) is 0 Å². The van der Waals surface area contributed by atoms with Crippen LogP contribution in [0.4, 0.5) is 13.6 Å². The molecule has 1 aromatic rings. The molecule has 25 heavy (non-hydrogen) atoms. The van der Waals surface area contributed by atoms with E-state index >= 15 is 0 Å². The number of likely N-dealkylation sites (tertiary alicyclic amines) is 1. The van der Waals surface area contributed by atoms with Gasteiger partial charge in [-0.2, -0.15) is 0 Å². The highest BCUT2D eigenvalue weighted by Crippen LogP contribution is 2.46. The van der Waals surface area contributed by atoms with E-state index in [2.05, 4.69) is 10.2 Å². The van der Waals surface area contributed by atoms with E-state index in [0.29, 0.717) is 24.6 Å². The molecular formula is C19H25F2N3O. The number of urea groups is 1. The molecule has 4 aliphatic rings. The molecule has 3 atom stereocenters. The van der Waals surface area contributed by atoms with E-state index < -0.39 is 11.6 Å². The summed E-state index contributed by atoms with van der Waals surface area (Å²) in [5.41, 5.74) is 0.672. The van der Waals surface area contributed by atoms with E-state index in [9.17, 15) is 13.6 Å². The lowest BCUT2D eigenvalue weighted by Gasteiger charge is -2.51. The van der Waals surface area contributed by atoms with Gasteiger partial charge in [-0.1, -0.05) is 6.92 Å². The van der Waals surface area contributed by atoms with Crippen LogP contribution >= 0.6 is 0 Å². The van der Waals surface area contributed by atoms with Crippen LogP contribution in [-0.4, -0.2) is 54.1 Å². The minimum absolute atomic E-state index is 0.0364. The molecule has 6 heteroatoms. The smallest absolute Gasteiger partial charge is 0.317 e. The summed E-state index contributed by atoms with van der Waals surface area (Å²) in [5, 5.41) is 2.98. The fourth-order valence-electron chi connectivity index (χ4n) is 5.07. The largest absolute Gasteiger partial charge is 0.338 e. The highest BCUT2D eigenvalue weighted by molar-refractivity contribution is 5.75. The van der Waals surface area contributed by atoms with Gasteiger partial charge in [0.2, 0.25) is 0 Å². The number of hydrogen-bond acceptors (Lipinski definition) is 2. The summed E-state index contributed by atoms with van der Waals surface area (Å²) in [5.74, 6) is -0.635. The second-order valence-corrected chi connectivity index (χ2v) is 7.55. The number of nitrogens with one attached hydrogen (secondary N) is 1.